The van der Waals surface area contributed by atoms with E-state index in [2.05, 4.69) is 10.3 Å². The number of carbonyl (C=O) groups excluding carboxylic acids is 1. The van der Waals surface area contributed by atoms with Crippen LogP contribution in [0.4, 0.5) is 5.69 Å². The summed E-state index contributed by atoms with van der Waals surface area (Å²) in [7, 11) is 1.59. The Morgan fingerprint density at radius 1 is 1.12 bits per heavy atom. The number of para-hydroxylation sites is 2. The summed E-state index contributed by atoms with van der Waals surface area (Å²) >= 11 is 1.56. The lowest BCUT2D eigenvalue weighted by atomic mass is 10.3. The van der Waals surface area contributed by atoms with Crippen molar-refractivity contribution < 1.29 is 14.3 Å². The molecule has 1 amide bonds. The first kappa shape index (κ1) is 16.0. The summed E-state index contributed by atoms with van der Waals surface area (Å²) in [6.45, 7) is 0. The number of carbonyl (C=O) groups is 1. The molecule has 0 bridgehead atoms. The van der Waals surface area contributed by atoms with Crippen LogP contribution < -0.4 is 14.8 Å². The maximum Gasteiger partial charge on any atom is 0.229 e. The van der Waals surface area contributed by atoms with Gasteiger partial charge in [-0.3, -0.25) is 4.79 Å². The Morgan fingerprint density at radius 2 is 1.96 bits per heavy atom. The molecule has 3 aromatic rings. The molecular weight excluding hydrogens is 324 g/mol. The number of hydrogen-bond acceptors (Lipinski definition) is 5. The summed E-state index contributed by atoms with van der Waals surface area (Å²) in [6, 6.07) is 14.7. The maximum absolute atomic E-state index is 12.0. The topological polar surface area (TPSA) is 60.5 Å². The van der Waals surface area contributed by atoms with E-state index in [0.717, 1.165) is 4.88 Å². The van der Waals surface area contributed by atoms with Crippen LogP contribution in [-0.2, 0) is 11.2 Å². The fraction of sp³-hybridized carbons (Fsp3) is 0.111. The predicted octanol–water partition coefficient (Wildman–Crippen LogP) is 4.13. The Labute approximate surface area is 143 Å². The minimum absolute atomic E-state index is 0.0716. The summed E-state index contributed by atoms with van der Waals surface area (Å²) in [5.74, 6) is 1.57. The van der Waals surface area contributed by atoms with Gasteiger partial charge < -0.3 is 14.8 Å². The number of anilines is 1. The van der Waals surface area contributed by atoms with Crippen molar-refractivity contribution >= 4 is 22.9 Å². The number of amides is 1. The third kappa shape index (κ3) is 4.11. The molecule has 122 valence electrons. The van der Waals surface area contributed by atoms with Crippen molar-refractivity contribution in [2.75, 3.05) is 12.4 Å². The highest BCUT2D eigenvalue weighted by Gasteiger charge is 2.07. The van der Waals surface area contributed by atoms with Crippen molar-refractivity contribution in [2.24, 2.45) is 0 Å². The van der Waals surface area contributed by atoms with Gasteiger partial charge in [0.1, 0.15) is 0 Å². The van der Waals surface area contributed by atoms with E-state index in [1.165, 1.54) is 0 Å². The molecule has 0 saturated heterocycles. The summed E-state index contributed by atoms with van der Waals surface area (Å²) in [4.78, 5) is 17.2. The Hall–Kier alpha value is -2.86. The van der Waals surface area contributed by atoms with Gasteiger partial charge in [-0.1, -0.05) is 18.2 Å². The van der Waals surface area contributed by atoms with Crippen LogP contribution >= 0.6 is 11.3 Å². The third-order valence-electron chi connectivity index (χ3n) is 3.22. The summed E-state index contributed by atoms with van der Waals surface area (Å²) in [6.07, 6.45) is 1.92. The molecule has 6 heteroatoms. The number of methoxy groups -OCH3 is 1. The number of hydrogen-bond donors (Lipinski definition) is 1. The molecule has 24 heavy (non-hydrogen) atoms. The monoisotopic (exact) mass is 340 g/mol. The first-order valence-corrected chi connectivity index (χ1v) is 8.22. The fourth-order valence-corrected chi connectivity index (χ4v) is 2.81. The van der Waals surface area contributed by atoms with Gasteiger partial charge >= 0.3 is 0 Å². The van der Waals surface area contributed by atoms with Crippen molar-refractivity contribution in [2.45, 2.75) is 6.42 Å². The van der Waals surface area contributed by atoms with Crippen LogP contribution in [0, 0.1) is 0 Å². The van der Waals surface area contributed by atoms with E-state index in [1.807, 2.05) is 35.7 Å². The second-order valence-corrected chi connectivity index (χ2v) is 5.97. The van der Waals surface area contributed by atoms with Gasteiger partial charge in [-0.05, 0) is 29.6 Å². The molecular formula is C18H16N2O3S. The first-order chi connectivity index (χ1) is 11.7. The highest BCUT2D eigenvalue weighted by atomic mass is 32.1. The number of rotatable bonds is 6. The SMILES string of the molecule is COc1ccccc1Oc1ccc(NC(=O)Cc2cccs2)cn1. The zero-order valence-electron chi connectivity index (χ0n) is 13.1. The highest BCUT2D eigenvalue weighted by Crippen LogP contribution is 2.30. The van der Waals surface area contributed by atoms with Gasteiger partial charge in [0.2, 0.25) is 11.8 Å². The van der Waals surface area contributed by atoms with Crippen LogP contribution in [0.25, 0.3) is 0 Å². The molecule has 0 aliphatic rings. The van der Waals surface area contributed by atoms with Crippen molar-refractivity contribution in [3.8, 4) is 17.4 Å². The van der Waals surface area contributed by atoms with Gasteiger partial charge in [0.15, 0.2) is 11.5 Å². The van der Waals surface area contributed by atoms with Crippen LogP contribution in [0.5, 0.6) is 17.4 Å². The van der Waals surface area contributed by atoms with Crippen molar-refractivity contribution in [1.82, 2.24) is 4.98 Å². The lowest BCUT2D eigenvalue weighted by molar-refractivity contribution is -0.115. The molecule has 0 saturated carbocycles. The number of benzene rings is 1. The molecule has 0 fully saturated rings. The van der Waals surface area contributed by atoms with Crippen molar-refractivity contribution in [3.05, 3.63) is 65.0 Å². The number of nitrogens with one attached hydrogen (secondary N) is 1. The molecule has 2 aromatic heterocycles. The zero-order chi connectivity index (χ0) is 16.8. The molecule has 0 radical (unpaired) electrons. The average Bonchev–Trinajstić information content (AvgIpc) is 3.10. The number of pyridine rings is 1. The van der Waals surface area contributed by atoms with Crippen LogP contribution in [0.15, 0.2) is 60.1 Å². The minimum atomic E-state index is -0.0716. The smallest absolute Gasteiger partial charge is 0.229 e. The van der Waals surface area contributed by atoms with Gasteiger partial charge in [-0.15, -0.1) is 11.3 Å². The van der Waals surface area contributed by atoms with E-state index in [9.17, 15) is 4.79 Å². The quantitative estimate of drug-likeness (QED) is 0.733. The molecule has 0 unspecified atom stereocenters. The molecule has 1 N–H and O–H groups in total. The van der Waals surface area contributed by atoms with Crippen LogP contribution in [0.1, 0.15) is 4.88 Å². The van der Waals surface area contributed by atoms with Gasteiger partial charge in [0.05, 0.1) is 25.4 Å². The second-order valence-electron chi connectivity index (χ2n) is 4.94. The molecule has 0 aliphatic heterocycles. The molecule has 3 rings (SSSR count). The normalized spacial score (nSPS) is 10.2. The number of aromatic nitrogens is 1. The Morgan fingerprint density at radius 3 is 2.62 bits per heavy atom. The molecule has 0 spiro atoms. The number of ether oxygens (including phenoxy) is 2. The molecule has 0 atom stereocenters. The minimum Gasteiger partial charge on any atom is -0.493 e. The van der Waals surface area contributed by atoms with Crippen LogP contribution in [-0.4, -0.2) is 18.0 Å². The van der Waals surface area contributed by atoms with Crippen molar-refractivity contribution in [3.63, 3.8) is 0 Å². The molecule has 1 aromatic carbocycles. The first-order valence-electron chi connectivity index (χ1n) is 7.34. The van der Waals surface area contributed by atoms with Crippen molar-refractivity contribution in [1.29, 1.82) is 0 Å². The Balaban J connectivity index is 1.62. The van der Waals surface area contributed by atoms with E-state index in [0.29, 0.717) is 29.5 Å². The summed E-state index contributed by atoms with van der Waals surface area (Å²) in [5.41, 5.74) is 0.629. The number of nitrogens with zero attached hydrogens (tertiary/aromatic N) is 1. The largest absolute Gasteiger partial charge is 0.493 e. The van der Waals surface area contributed by atoms with E-state index in [4.69, 9.17) is 9.47 Å². The lowest BCUT2D eigenvalue weighted by Crippen LogP contribution is -2.13. The summed E-state index contributed by atoms with van der Waals surface area (Å²) in [5, 5.41) is 4.77. The third-order valence-corrected chi connectivity index (χ3v) is 4.09. The van der Waals surface area contributed by atoms with Crippen LogP contribution in [0.3, 0.4) is 0 Å². The second kappa shape index (κ2) is 7.61. The Kier molecular flexibility index (Phi) is 5.08. The van der Waals surface area contributed by atoms with E-state index in [-0.39, 0.29) is 5.91 Å². The zero-order valence-corrected chi connectivity index (χ0v) is 13.9. The molecule has 0 aliphatic carbocycles. The predicted molar refractivity (Wildman–Crippen MR) is 94.0 cm³/mol. The van der Waals surface area contributed by atoms with Gasteiger partial charge in [0.25, 0.3) is 0 Å². The fourth-order valence-electron chi connectivity index (χ4n) is 2.11. The average molecular weight is 340 g/mol. The highest BCUT2D eigenvalue weighted by molar-refractivity contribution is 7.10. The number of thiophene rings is 1. The lowest BCUT2D eigenvalue weighted by Gasteiger charge is -2.09. The maximum atomic E-state index is 12.0. The van der Waals surface area contributed by atoms with E-state index in [1.54, 1.807) is 42.8 Å². The van der Waals surface area contributed by atoms with Gasteiger partial charge in [-0.2, -0.15) is 0 Å². The van der Waals surface area contributed by atoms with E-state index >= 15 is 0 Å². The molecule has 5 nitrogen and oxygen atoms in total. The summed E-state index contributed by atoms with van der Waals surface area (Å²) < 4.78 is 10.9. The Bertz CT molecular complexity index is 801. The van der Waals surface area contributed by atoms with E-state index < -0.39 is 0 Å². The standard InChI is InChI=1S/C18H16N2O3S/c1-22-15-6-2-3-7-16(15)23-18-9-8-13(12-19-18)20-17(21)11-14-5-4-10-24-14/h2-10,12H,11H2,1H3,(H,20,21). The molecule has 2 heterocycles. The van der Waals surface area contributed by atoms with Crippen LogP contribution in [0.2, 0.25) is 0 Å². The van der Waals surface area contributed by atoms with Gasteiger partial charge in [-0.25, -0.2) is 4.98 Å². The van der Waals surface area contributed by atoms with Gasteiger partial charge in [0, 0.05) is 10.9 Å².